The first-order valence-corrected chi connectivity index (χ1v) is 7.31. The molecule has 1 atom stereocenters. The summed E-state index contributed by atoms with van der Waals surface area (Å²) in [5, 5.41) is 0. The summed E-state index contributed by atoms with van der Waals surface area (Å²) >= 11 is 0. The third-order valence-electron chi connectivity index (χ3n) is 4.53. The molecule has 0 spiro atoms. The van der Waals surface area contributed by atoms with Crippen LogP contribution in [-0.4, -0.2) is 12.2 Å². The van der Waals surface area contributed by atoms with Crippen LogP contribution in [0.25, 0.3) is 0 Å². The summed E-state index contributed by atoms with van der Waals surface area (Å²) in [5.41, 5.74) is 6.79. The number of nitrogens with two attached hydrogens (primary N) is 1. The van der Waals surface area contributed by atoms with Crippen molar-refractivity contribution in [3.8, 4) is 0 Å². The molecular weight excluding hydrogens is 236 g/mol. The molecule has 0 aliphatic heterocycles. The standard InChI is InChI=1S/C16H26N2O/c1-4-19-16(10-5-6-11-16)15(18-17)14-9-7-8-12(2)13(14)3/h7-9,15,18H,4-6,10-11,17H2,1-3H3. The van der Waals surface area contributed by atoms with Crippen molar-refractivity contribution < 1.29 is 4.74 Å². The van der Waals surface area contributed by atoms with E-state index in [0.29, 0.717) is 0 Å². The third-order valence-corrected chi connectivity index (χ3v) is 4.53. The quantitative estimate of drug-likeness (QED) is 0.633. The monoisotopic (exact) mass is 262 g/mol. The Kier molecular flexibility index (Phi) is 4.61. The van der Waals surface area contributed by atoms with Crippen molar-refractivity contribution in [2.24, 2.45) is 5.84 Å². The Balaban J connectivity index is 2.40. The Labute approximate surface area is 116 Å². The van der Waals surface area contributed by atoms with Crippen LogP contribution < -0.4 is 11.3 Å². The number of hydrogen-bond donors (Lipinski definition) is 2. The van der Waals surface area contributed by atoms with Gasteiger partial charge in [0.1, 0.15) is 0 Å². The summed E-state index contributed by atoms with van der Waals surface area (Å²) in [4.78, 5) is 0. The van der Waals surface area contributed by atoms with Gasteiger partial charge in [-0.25, -0.2) is 0 Å². The van der Waals surface area contributed by atoms with Crippen molar-refractivity contribution in [3.05, 3.63) is 34.9 Å². The van der Waals surface area contributed by atoms with E-state index >= 15 is 0 Å². The normalized spacial score (nSPS) is 19.6. The van der Waals surface area contributed by atoms with Crippen molar-refractivity contribution in [1.29, 1.82) is 0 Å². The molecule has 0 radical (unpaired) electrons. The lowest BCUT2D eigenvalue weighted by molar-refractivity contribution is -0.0628. The molecule has 1 aliphatic rings. The van der Waals surface area contributed by atoms with Gasteiger partial charge in [0.25, 0.3) is 0 Å². The molecule has 1 aromatic rings. The van der Waals surface area contributed by atoms with Crippen LogP contribution in [0, 0.1) is 13.8 Å². The van der Waals surface area contributed by atoms with Crippen LogP contribution in [-0.2, 0) is 4.74 Å². The highest BCUT2D eigenvalue weighted by Gasteiger charge is 2.43. The second kappa shape index (κ2) is 6.04. The van der Waals surface area contributed by atoms with Gasteiger partial charge in [-0.05, 0) is 50.3 Å². The zero-order valence-electron chi connectivity index (χ0n) is 12.3. The molecule has 0 heterocycles. The zero-order valence-corrected chi connectivity index (χ0v) is 12.3. The number of ether oxygens (including phenoxy) is 1. The summed E-state index contributed by atoms with van der Waals surface area (Å²) in [7, 11) is 0. The average molecular weight is 262 g/mol. The molecule has 1 fully saturated rings. The lowest BCUT2D eigenvalue weighted by Crippen LogP contribution is -2.47. The van der Waals surface area contributed by atoms with Crippen LogP contribution >= 0.6 is 0 Å². The number of hydrogen-bond acceptors (Lipinski definition) is 3. The first-order chi connectivity index (χ1) is 9.14. The second-order valence-corrected chi connectivity index (χ2v) is 5.59. The molecular formula is C16H26N2O. The lowest BCUT2D eigenvalue weighted by Gasteiger charge is -2.38. The third kappa shape index (κ3) is 2.69. The minimum atomic E-state index is -0.137. The van der Waals surface area contributed by atoms with Gasteiger partial charge >= 0.3 is 0 Å². The molecule has 3 N–H and O–H groups in total. The van der Waals surface area contributed by atoms with Crippen LogP contribution in [0.4, 0.5) is 0 Å². The smallest absolute Gasteiger partial charge is 0.0889 e. The van der Waals surface area contributed by atoms with Crippen LogP contribution in [0.3, 0.4) is 0 Å². The molecule has 1 aliphatic carbocycles. The van der Waals surface area contributed by atoms with Crippen molar-refractivity contribution in [1.82, 2.24) is 5.43 Å². The van der Waals surface area contributed by atoms with Gasteiger partial charge < -0.3 is 4.74 Å². The van der Waals surface area contributed by atoms with E-state index in [2.05, 4.69) is 44.4 Å². The van der Waals surface area contributed by atoms with E-state index in [9.17, 15) is 0 Å². The van der Waals surface area contributed by atoms with E-state index in [-0.39, 0.29) is 11.6 Å². The lowest BCUT2D eigenvalue weighted by atomic mass is 9.84. The van der Waals surface area contributed by atoms with Gasteiger partial charge in [-0.1, -0.05) is 31.0 Å². The molecule has 1 saturated carbocycles. The number of benzene rings is 1. The molecule has 2 rings (SSSR count). The predicted octanol–water partition coefficient (Wildman–Crippen LogP) is 3.16. The van der Waals surface area contributed by atoms with Crippen molar-refractivity contribution >= 4 is 0 Å². The molecule has 0 aromatic heterocycles. The van der Waals surface area contributed by atoms with E-state index in [1.807, 2.05) is 0 Å². The first-order valence-electron chi connectivity index (χ1n) is 7.31. The van der Waals surface area contributed by atoms with Crippen LogP contribution in [0.5, 0.6) is 0 Å². The van der Waals surface area contributed by atoms with Gasteiger partial charge in [-0.3, -0.25) is 11.3 Å². The van der Waals surface area contributed by atoms with Gasteiger partial charge in [0.15, 0.2) is 0 Å². The summed E-state index contributed by atoms with van der Waals surface area (Å²) in [6, 6.07) is 6.51. The largest absolute Gasteiger partial charge is 0.373 e. The number of aryl methyl sites for hydroxylation is 1. The maximum Gasteiger partial charge on any atom is 0.0889 e. The fraction of sp³-hybridized carbons (Fsp3) is 0.625. The highest BCUT2D eigenvalue weighted by atomic mass is 16.5. The van der Waals surface area contributed by atoms with Crippen molar-refractivity contribution in [3.63, 3.8) is 0 Å². The van der Waals surface area contributed by atoms with Gasteiger partial charge in [-0.15, -0.1) is 0 Å². The van der Waals surface area contributed by atoms with E-state index < -0.39 is 0 Å². The van der Waals surface area contributed by atoms with Crippen LogP contribution in [0.1, 0.15) is 55.3 Å². The number of hydrazine groups is 1. The van der Waals surface area contributed by atoms with Crippen molar-refractivity contribution in [2.45, 2.75) is 58.1 Å². The van der Waals surface area contributed by atoms with Gasteiger partial charge in [0.2, 0.25) is 0 Å². The van der Waals surface area contributed by atoms with Crippen molar-refractivity contribution in [2.75, 3.05) is 6.61 Å². The van der Waals surface area contributed by atoms with Crippen LogP contribution in [0.15, 0.2) is 18.2 Å². The Morgan fingerprint density at radius 1 is 1.32 bits per heavy atom. The Morgan fingerprint density at radius 3 is 2.58 bits per heavy atom. The van der Waals surface area contributed by atoms with E-state index in [4.69, 9.17) is 10.6 Å². The summed E-state index contributed by atoms with van der Waals surface area (Å²) in [6.07, 6.45) is 4.62. The SMILES string of the molecule is CCOC1(C(NN)c2cccc(C)c2C)CCCC1. The topological polar surface area (TPSA) is 47.3 Å². The highest BCUT2D eigenvalue weighted by Crippen LogP contribution is 2.43. The number of nitrogens with one attached hydrogen (secondary N) is 1. The maximum absolute atomic E-state index is 6.15. The molecule has 1 unspecified atom stereocenters. The van der Waals surface area contributed by atoms with Gasteiger partial charge in [0.05, 0.1) is 11.6 Å². The Morgan fingerprint density at radius 2 is 2.00 bits per heavy atom. The first kappa shape index (κ1) is 14.5. The summed E-state index contributed by atoms with van der Waals surface area (Å²) in [5.74, 6) is 5.89. The average Bonchev–Trinajstić information content (AvgIpc) is 2.85. The second-order valence-electron chi connectivity index (χ2n) is 5.59. The summed E-state index contributed by atoms with van der Waals surface area (Å²) in [6.45, 7) is 7.12. The van der Waals surface area contributed by atoms with Gasteiger partial charge in [0, 0.05) is 6.61 Å². The Bertz CT molecular complexity index is 425. The molecule has 0 bridgehead atoms. The van der Waals surface area contributed by atoms with Gasteiger partial charge in [-0.2, -0.15) is 0 Å². The molecule has 19 heavy (non-hydrogen) atoms. The minimum Gasteiger partial charge on any atom is -0.373 e. The molecule has 0 amide bonds. The highest BCUT2D eigenvalue weighted by molar-refractivity contribution is 5.37. The molecule has 0 saturated heterocycles. The van der Waals surface area contributed by atoms with Crippen LogP contribution in [0.2, 0.25) is 0 Å². The minimum absolute atomic E-state index is 0.0786. The molecule has 1 aromatic carbocycles. The van der Waals surface area contributed by atoms with E-state index in [1.165, 1.54) is 29.5 Å². The van der Waals surface area contributed by atoms with E-state index in [1.54, 1.807) is 0 Å². The zero-order chi connectivity index (χ0) is 13.9. The summed E-state index contributed by atoms with van der Waals surface area (Å²) < 4.78 is 6.15. The fourth-order valence-corrected chi connectivity index (χ4v) is 3.39. The Hall–Kier alpha value is -0.900. The maximum atomic E-state index is 6.15. The molecule has 3 nitrogen and oxygen atoms in total. The predicted molar refractivity (Wildman–Crippen MR) is 78.8 cm³/mol. The number of rotatable bonds is 5. The molecule has 106 valence electrons. The van der Waals surface area contributed by atoms with E-state index in [0.717, 1.165) is 19.4 Å². The molecule has 3 heteroatoms. The fourth-order valence-electron chi connectivity index (χ4n) is 3.39.